The lowest BCUT2D eigenvalue weighted by Crippen LogP contribution is -2.42. The lowest BCUT2D eigenvalue weighted by Gasteiger charge is -2.28. The van der Waals surface area contributed by atoms with E-state index in [-0.39, 0.29) is 0 Å². The molecule has 1 aromatic rings. The average Bonchev–Trinajstić information content (AvgIpc) is 2.15. The molecule has 82 valence electrons. The molecule has 0 aliphatic rings. The van der Waals surface area contributed by atoms with Gasteiger partial charge >= 0.3 is 8.56 Å². The van der Waals surface area contributed by atoms with Crippen LogP contribution in [0, 0.1) is 0 Å². The van der Waals surface area contributed by atoms with Crippen LogP contribution >= 0.6 is 0 Å². The molecule has 0 heterocycles. The van der Waals surface area contributed by atoms with Gasteiger partial charge in [0.15, 0.2) is 0 Å². The average molecular weight is 222 g/mol. The Bertz CT molecular complexity index is 336. The van der Waals surface area contributed by atoms with E-state index in [1.165, 1.54) is 0 Å². The zero-order chi connectivity index (χ0) is 11.5. The topological polar surface area (TPSA) is 40.5 Å². The first-order valence-corrected chi connectivity index (χ1v) is 6.99. The lowest BCUT2D eigenvalue weighted by molar-refractivity contribution is 0.334. The Balaban J connectivity index is 2.83. The third-order valence-corrected chi connectivity index (χ3v) is 5.25. The first kappa shape index (κ1) is 12.2. The van der Waals surface area contributed by atoms with Gasteiger partial charge in [0.05, 0.1) is 0 Å². The standard InChI is InChI=1S/C12H18O2Si/c1-12(2,3)15(13,14)10-9-11-7-5-4-6-8-11/h4-10,13-14H,1-3H3/b10-9+. The summed E-state index contributed by atoms with van der Waals surface area (Å²) in [7, 11) is -3.27. The van der Waals surface area contributed by atoms with Crippen LogP contribution < -0.4 is 0 Å². The summed E-state index contributed by atoms with van der Waals surface area (Å²) in [5.74, 6) is 0. The van der Waals surface area contributed by atoms with Crippen LogP contribution in [0.2, 0.25) is 5.04 Å². The van der Waals surface area contributed by atoms with E-state index in [1.807, 2.05) is 51.1 Å². The fourth-order valence-corrected chi connectivity index (χ4v) is 1.95. The predicted octanol–water partition coefficient (Wildman–Crippen LogP) is 2.47. The minimum absolute atomic E-state index is 0.460. The molecular weight excluding hydrogens is 204 g/mol. The first-order chi connectivity index (χ1) is 6.83. The zero-order valence-corrected chi connectivity index (χ0v) is 10.4. The molecule has 2 N–H and O–H groups in total. The van der Waals surface area contributed by atoms with Crippen LogP contribution in [-0.4, -0.2) is 18.2 Å². The van der Waals surface area contributed by atoms with Gasteiger partial charge in [-0.05, 0) is 11.3 Å². The second-order valence-corrected chi connectivity index (χ2v) is 8.01. The molecule has 0 aliphatic carbocycles. The molecule has 3 heteroatoms. The summed E-state index contributed by atoms with van der Waals surface area (Å²) in [6.45, 7) is 5.53. The predicted molar refractivity (Wildman–Crippen MR) is 65.4 cm³/mol. The van der Waals surface area contributed by atoms with Crippen LogP contribution in [0.4, 0.5) is 0 Å². The number of hydrogen-bond donors (Lipinski definition) is 2. The molecule has 0 fully saturated rings. The van der Waals surface area contributed by atoms with Crippen LogP contribution in [0.3, 0.4) is 0 Å². The molecule has 0 aromatic heterocycles. The van der Waals surface area contributed by atoms with Crippen LogP contribution in [0.1, 0.15) is 26.3 Å². The van der Waals surface area contributed by atoms with Crippen LogP contribution in [0.15, 0.2) is 36.0 Å². The highest BCUT2D eigenvalue weighted by molar-refractivity contribution is 6.73. The molecule has 15 heavy (non-hydrogen) atoms. The molecule has 0 unspecified atom stereocenters. The van der Waals surface area contributed by atoms with Crippen molar-refractivity contribution >= 4 is 14.6 Å². The molecule has 0 radical (unpaired) electrons. The van der Waals surface area contributed by atoms with E-state index in [9.17, 15) is 9.59 Å². The highest BCUT2D eigenvalue weighted by atomic mass is 28.4. The molecule has 2 nitrogen and oxygen atoms in total. The maximum atomic E-state index is 9.92. The van der Waals surface area contributed by atoms with E-state index in [0.29, 0.717) is 0 Å². The number of rotatable bonds is 2. The quantitative estimate of drug-likeness (QED) is 0.755. The molecule has 0 aliphatic heterocycles. The SMILES string of the molecule is CC(C)(C)[Si](O)(O)/C=C/c1ccccc1. The maximum Gasteiger partial charge on any atom is 0.365 e. The van der Waals surface area contributed by atoms with Crippen molar-refractivity contribution in [2.24, 2.45) is 0 Å². The summed E-state index contributed by atoms with van der Waals surface area (Å²) in [6, 6.07) is 9.65. The van der Waals surface area contributed by atoms with Crippen molar-refractivity contribution in [1.82, 2.24) is 0 Å². The number of benzene rings is 1. The van der Waals surface area contributed by atoms with Gasteiger partial charge < -0.3 is 9.59 Å². The monoisotopic (exact) mass is 222 g/mol. The van der Waals surface area contributed by atoms with Crippen molar-refractivity contribution in [2.45, 2.75) is 25.8 Å². The Morgan fingerprint density at radius 3 is 2.07 bits per heavy atom. The van der Waals surface area contributed by atoms with Crippen molar-refractivity contribution in [3.05, 3.63) is 41.6 Å². The first-order valence-electron chi connectivity index (χ1n) is 5.02. The van der Waals surface area contributed by atoms with Crippen LogP contribution in [-0.2, 0) is 0 Å². The van der Waals surface area contributed by atoms with Crippen LogP contribution in [0.25, 0.3) is 6.08 Å². The van der Waals surface area contributed by atoms with E-state index in [1.54, 1.807) is 11.8 Å². The fraction of sp³-hybridized carbons (Fsp3) is 0.333. The smallest absolute Gasteiger partial charge is 0.365 e. The number of hydrogen-bond acceptors (Lipinski definition) is 2. The normalized spacial score (nSPS) is 13.4. The molecule has 0 saturated heterocycles. The molecule has 0 bridgehead atoms. The van der Waals surface area contributed by atoms with Crippen molar-refractivity contribution in [3.63, 3.8) is 0 Å². The molecule has 1 aromatic carbocycles. The highest BCUT2D eigenvalue weighted by Gasteiger charge is 2.40. The molecule has 0 saturated carbocycles. The summed E-state index contributed by atoms with van der Waals surface area (Å²) in [6.07, 6.45) is 1.78. The zero-order valence-electron chi connectivity index (χ0n) is 9.44. The van der Waals surface area contributed by atoms with Gasteiger partial charge in [-0.2, -0.15) is 0 Å². The third-order valence-electron chi connectivity index (χ3n) is 2.41. The van der Waals surface area contributed by atoms with E-state index in [4.69, 9.17) is 0 Å². The second-order valence-electron chi connectivity index (χ2n) is 4.72. The Hall–Kier alpha value is -0.903. The minimum Gasteiger partial charge on any atom is -0.407 e. The van der Waals surface area contributed by atoms with E-state index in [0.717, 1.165) is 5.56 Å². The summed E-state index contributed by atoms with van der Waals surface area (Å²) < 4.78 is 0. The highest BCUT2D eigenvalue weighted by Crippen LogP contribution is 2.33. The van der Waals surface area contributed by atoms with Gasteiger partial charge in [0.25, 0.3) is 0 Å². The second kappa shape index (κ2) is 4.31. The van der Waals surface area contributed by atoms with Gasteiger partial charge in [0.2, 0.25) is 0 Å². The molecule has 1 rings (SSSR count). The van der Waals surface area contributed by atoms with Gasteiger partial charge in [-0.15, -0.1) is 0 Å². The van der Waals surface area contributed by atoms with Crippen molar-refractivity contribution in [3.8, 4) is 0 Å². The summed E-state index contributed by atoms with van der Waals surface area (Å²) in [5.41, 5.74) is 2.55. The fourth-order valence-electron chi connectivity index (χ4n) is 1.03. The van der Waals surface area contributed by atoms with E-state index >= 15 is 0 Å². The van der Waals surface area contributed by atoms with Gasteiger partial charge in [0.1, 0.15) is 0 Å². The van der Waals surface area contributed by atoms with E-state index < -0.39 is 13.6 Å². The molecular formula is C12H18O2Si. The minimum atomic E-state index is -3.27. The summed E-state index contributed by atoms with van der Waals surface area (Å²) >= 11 is 0. The third kappa shape index (κ3) is 3.30. The lowest BCUT2D eigenvalue weighted by atomic mass is 10.2. The van der Waals surface area contributed by atoms with Crippen molar-refractivity contribution < 1.29 is 9.59 Å². The summed E-state index contributed by atoms with van der Waals surface area (Å²) in [5, 5.41) is -0.460. The van der Waals surface area contributed by atoms with Gasteiger partial charge in [-0.3, -0.25) is 0 Å². The Morgan fingerprint density at radius 2 is 1.60 bits per heavy atom. The van der Waals surface area contributed by atoms with Gasteiger partial charge in [-0.1, -0.05) is 57.2 Å². The van der Waals surface area contributed by atoms with Crippen molar-refractivity contribution in [2.75, 3.05) is 0 Å². The molecule has 0 amide bonds. The van der Waals surface area contributed by atoms with Crippen molar-refractivity contribution in [1.29, 1.82) is 0 Å². The maximum absolute atomic E-state index is 9.92. The Morgan fingerprint density at radius 1 is 1.07 bits per heavy atom. The van der Waals surface area contributed by atoms with E-state index in [2.05, 4.69) is 0 Å². The summed E-state index contributed by atoms with van der Waals surface area (Å²) in [4.78, 5) is 19.8. The molecule has 0 atom stereocenters. The Kier molecular flexibility index (Phi) is 3.49. The Labute approximate surface area is 92.1 Å². The van der Waals surface area contributed by atoms with Gasteiger partial charge in [-0.25, -0.2) is 0 Å². The van der Waals surface area contributed by atoms with Gasteiger partial charge in [0, 0.05) is 5.04 Å². The largest absolute Gasteiger partial charge is 0.407 e. The van der Waals surface area contributed by atoms with Crippen LogP contribution in [0.5, 0.6) is 0 Å². The molecule has 0 spiro atoms.